The number of piperidine rings is 1. The first-order valence-corrected chi connectivity index (χ1v) is 8.54. The van der Waals surface area contributed by atoms with Crippen LogP contribution >= 0.6 is 12.4 Å². The van der Waals surface area contributed by atoms with Gasteiger partial charge in [0.25, 0.3) is 5.91 Å². The normalized spacial score (nSPS) is 14.6. The highest BCUT2D eigenvalue weighted by Gasteiger charge is 2.23. The Kier molecular flexibility index (Phi) is 8.93. The summed E-state index contributed by atoms with van der Waals surface area (Å²) >= 11 is 0. The summed E-state index contributed by atoms with van der Waals surface area (Å²) in [6.07, 6.45) is 2.93. The van der Waals surface area contributed by atoms with Gasteiger partial charge in [-0.25, -0.2) is 0 Å². The third-order valence-electron chi connectivity index (χ3n) is 4.13. The fraction of sp³-hybridized carbons (Fsp3) is 0.611. The second-order valence-corrected chi connectivity index (χ2v) is 5.84. The highest BCUT2D eigenvalue weighted by molar-refractivity contribution is 5.95. The predicted molar refractivity (Wildman–Crippen MR) is 98.6 cm³/mol. The summed E-state index contributed by atoms with van der Waals surface area (Å²) < 4.78 is 11.3. The number of rotatable bonds is 7. The number of amides is 1. The molecule has 24 heavy (non-hydrogen) atoms. The van der Waals surface area contributed by atoms with Gasteiger partial charge in [-0.2, -0.15) is 0 Å². The van der Waals surface area contributed by atoms with Gasteiger partial charge in [-0.05, 0) is 57.5 Å². The fourth-order valence-corrected chi connectivity index (χ4v) is 2.80. The summed E-state index contributed by atoms with van der Waals surface area (Å²) in [5.74, 6) is 1.39. The minimum atomic E-state index is 0. The first kappa shape index (κ1) is 20.6. The Morgan fingerprint density at radius 3 is 2.54 bits per heavy atom. The molecule has 1 fully saturated rings. The van der Waals surface area contributed by atoms with Crippen LogP contribution in [-0.2, 0) is 0 Å². The number of nitrogens with zero attached hydrogens (tertiary/aromatic N) is 1. The van der Waals surface area contributed by atoms with Crippen molar-refractivity contribution in [3.8, 4) is 11.5 Å². The van der Waals surface area contributed by atoms with Gasteiger partial charge in [-0.3, -0.25) is 4.79 Å². The minimum absolute atomic E-state index is 0. The minimum Gasteiger partial charge on any atom is -0.490 e. The molecule has 1 saturated heterocycles. The highest BCUT2D eigenvalue weighted by atomic mass is 35.5. The van der Waals surface area contributed by atoms with Crippen LogP contribution in [0.5, 0.6) is 11.5 Å². The molecule has 1 amide bonds. The molecule has 136 valence electrons. The Labute approximate surface area is 151 Å². The molecule has 2 rings (SSSR count). The van der Waals surface area contributed by atoms with E-state index in [-0.39, 0.29) is 18.3 Å². The molecule has 0 atom stereocenters. The number of halogens is 1. The van der Waals surface area contributed by atoms with Crippen molar-refractivity contribution in [2.75, 3.05) is 33.4 Å². The molecule has 1 N–H and O–H groups in total. The van der Waals surface area contributed by atoms with E-state index in [1.807, 2.05) is 31.0 Å². The van der Waals surface area contributed by atoms with E-state index in [0.717, 1.165) is 32.4 Å². The van der Waals surface area contributed by atoms with Crippen LogP contribution in [0, 0.1) is 0 Å². The fourth-order valence-electron chi connectivity index (χ4n) is 2.80. The molecule has 1 heterocycles. The number of carbonyl (C=O) groups is 1. The quantitative estimate of drug-likeness (QED) is 0.815. The van der Waals surface area contributed by atoms with Gasteiger partial charge in [-0.15, -0.1) is 12.4 Å². The van der Waals surface area contributed by atoms with E-state index < -0.39 is 0 Å². The van der Waals surface area contributed by atoms with E-state index >= 15 is 0 Å². The van der Waals surface area contributed by atoms with Crippen LogP contribution in [0.4, 0.5) is 0 Å². The van der Waals surface area contributed by atoms with E-state index in [4.69, 9.17) is 9.47 Å². The molecule has 0 unspecified atom stereocenters. The van der Waals surface area contributed by atoms with Crippen molar-refractivity contribution < 1.29 is 14.3 Å². The monoisotopic (exact) mass is 356 g/mol. The third kappa shape index (κ3) is 5.28. The van der Waals surface area contributed by atoms with Gasteiger partial charge >= 0.3 is 0 Å². The van der Waals surface area contributed by atoms with Gasteiger partial charge in [0, 0.05) is 18.7 Å². The second kappa shape index (κ2) is 10.4. The molecular weight excluding hydrogens is 328 g/mol. The summed E-state index contributed by atoms with van der Waals surface area (Å²) in [6.45, 7) is 7.12. The Balaban J connectivity index is 0.00000288. The van der Waals surface area contributed by atoms with Crippen molar-refractivity contribution in [1.82, 2.24) is 10.2 Å². The molecule has 0 saturated carbocycles. The summed E-state index contributed by atoms with van der Waals surface area (Å²) in [4.78, 5) is 14.6. The molecule has 1 aromatic rings. The van der Waals surface area contributed by atoms with Crippen molar-refractivity contribution in [3.63, 3.8) is 0 Å². The van der Waals surface area contributed by atoms with Crippen LogP contribution in [0.1, 0.15) is 43.5 Å². The third-order valence-corrected chi connectivity index (χ3v) is 4.13. The molecule has 0 spiro atoms. The second-order valence-electron chi connectivity index (χ2n) is 5.84. The van der Waals surface area contributed by atoms with Gasteiger partial charge in [0.1, 0.15) is 0 Å². The van der Waals surface area contributed by atoms with Crippen LogP contribution in [0.3, 0.4) is 0 Å². The first-order chi connectivity index (χ1) is 11.2. The maximum atomic E-state index is 12.7. The standard InChI is InChI=1S/C18H28N2O3.ClH/c1-4-12-23-16-7-6-14(13-17(16)22-5-2)18(21)20(3)15-8-10-19-11-9-15;/h6-7,13,15,19H,4-5,8-12H2,1-3H3;1H. The number of hydrogen-bond acceptors (Lipinski definition) is 4. The van der Waals surface area contributed by atoms with Crippen LogP contribution in [0.25, 0.3) is 0 Å². The van der Waals surface area contributed by atoms with Gasteiger partial charge in [0.05, 0.1) is 13.2 Å². The predicted octanol–water partition coefficient (Wildman–Crippen LogP) is 3.12. The average molecular weight is 357 g/mol. The van der Waals surface area contributed by atoms with Crippen LogP contribution in [0.2, 0.25) is 0 Å². The molecular formula is C18H29ClN2O3. The lowest BCUT2D eigenvalue weighted by Gasteiger charge is -2.31. The number of hydrogen-bond donors (Lipinski definition) is 1. The maximum absolute atomic E-state index is 12.7. The van der Waals surface area contributed by atoms with E-state index in [0.29, 0.717) is 36.3 Å². The number of nitrogens with one attached hydrogen (secondary N) is 1. The zero-order valence-corrected chi connectivity index (χ0v) is 15.7. The van der Waals surface area contributed by atoms with E-state index in [9.17, 15) is 4.79 Å². The molecule has 0 radical (unpaired) electrons. The molecule has 0 aliphatic carbocycles. The highest BCUT2D eigenvalue weighted by Crippen LogP contribution is 2.29. The molecule has 0 aromatic heterocycles. The number of benzene rings is 1. The van der Waals surface area contributed by atoms with Crippen molar-refractivity contribution in [1.29, 1.82) is 0 Å². The lowest BCUT2D eigenvalue weighted by Crippen LogP contribution is -2.43. The summed E-state index contributed by atoms with van der Waals surface area (Å²) in [5.41, 5.74) is 0.651. The topological polar surface area (TPSA) is 50.8 Å². The zero-order chi connectivity index (χ0) is 16.7. The Bertz CT molecular complexity index is 519. The Hall–Kier alpha value is -1.46. The van der Waals surface area contributed by atoms with Crippen LogP contribution in [-0.4, -0.2) is 50.2 Å². The van der Waals surface area contributed by atoms with E-state index in [2.05, 4.69) is 12.2 Å². The SMILES string of the molecule is CCCOc1ccc(C(=O)N(C)C2CCNCC2)cc1OCC.Cl. The summed E-state index contributed by atoms with van der Waals surface area (Å²) in [6, 6.07) is 5.77. The zero-order valence-electron chi connectivity index (χ0n) is 14.8. The Morgan fingerprint density at radius 1 is 1.21 bits per heavy atom. The van der Waals surface area contributed by atoms with E-state index in [1.165, 1.54) is 0 Å². The van der Waals surface area contributed by atoms with Crippen molar-refractivity contribution in [2.45, 2.75) is 39.2 Å². The smallest absolute Gasteiger partial charge is 0.253 e. The summed E-state index contributed by atoms with van der Waals surface area (Å²) in [5, 5.41) is 3.33. The molecule has 0 bridgehead atoms. The van der Waals surface area contributed by atoms with Gasteiger partial charge in [-0.1, -0.05) is 6.92 Å². The first-order valence-electron chi connectivity index (χ1n) is 8.54. The largest absolute Gasteiger partial charge is 0.490 e. The molecule has 1 aliphatic rings. The van der Waals surface area contributed by atoms with Crippen molar-refractivity contribution in [2.24, 2.45) is 0 Å². The van der Waals surface area contributed by atoms with Crippen LogP contribution < -0.4 is 14.8 Å². The molecule has 5 nitrogen and oxygen atoms in total. The van der Waals surface area contributed by atoms with E-state index in [1.54, 1.807) is 6.07 Å². The van der Waals surface area contributed by atoms with Gasteiger partial charge < -0.3 is 19.7 Å². The molecule has 1 aromatic carbocycles. The Morgan fingerprint density at radius 2 is 1.92 bits per heavy atom. The average Bonchev–Trinajstić information content (AvgIpc) is 2.60. The lowest BCUT2D eigenvalue weighted by molar-refractivity contribution is 0.0702. The van der Waals surface area contributed by atoms with Gasteiger partial charge in [0.15, 0.2) is 11.5 Å². The van der Waals surface area contributed by atoms with Gasteiger partial charge in [0.2, 0.25) is 0 Å². The lowest BCUT2D eigenvalue weighted by atomic mass is 10.0. The van der Waals surface area contributed by atoms with Crippen molar-refractivity contribution >= 4 is 18.3 Å². The number of carbonyl (C=O) groups excluding carboxylic acids is 1. The van der Waals surface area contributed by atoms with Crippen LogP contribution in [0.15, 0.2) is 18.2 Å². The van der Waals surface area contributed by atoms with Crippen molar-refractivity contribution in [3.05, 3.63) is 23.8 Å². The number of ether oxygens (including phenoxy) is 2. The molecule has 6 heteroatoms. The summed E-state index contributed by atoms with van der Waals surface area (Å²) in [7, 11) is 1.89. The maximum Gasteiger partial charge on any atom is 0.253 e. The molecule has 1 aliphatic heterocycles.